The fraction of sp³-hybridized carbons (Fsp3) is 0.357. The Morgan fingerprint density at radius 1 is 1.40 bits per heavy atom. The molecular weight excluding hydrogens is 277 g/mol. The lowest BCUT2D eigenvalue weighted by Crippen LogP contribution is -2.00. The zero-order chi connectivity index (χ0) is 14.7. The Labute approximate surface area is 122 Å². The molecule has 6 heteroatoms. The second kappa shape index (κ2) is 6.17. The van der Waals surface area contributed by atoms with Gasteiger partial charge in [0.25, 0.3) is 0 Å². The minimum atomic E-state index is -0.429. The van der Waals surface area contributed by atoms with Crippen molar-refractivity contribution in [1.29, 1.82) is 0 Å². The van der Waals surface area contributed by atoms with Gasteiger partial charge in [0.2, 0.25) is 0 Å². The number of hydrogen-bond acceptors (Lipinski definition) is 4. The summed E-state index contributed by atoms with van der Waals surface area (Å²) in [5, 5.41) is 5.22. The van der Waals surface area contributed by atoms with Crippen LogP contribution in [0.15, 0.2) is 28.1 Å². The summed E-state index contributed by atoms with van der Waals surface area (Å²) in [6.07, 6.45) is 0.827. The third kappa shape index (κ3) is 3.25. The molecule has 4 nitrogen and oxygen atoms in total. The monoisotopic (exact) mass is 295 g/mol. The van der Waals surface area contributed by atoms with Crippen LogP contribution in [0.5, 0.6) is 5.75 Å². The molecule has 0 saturated carbocycles. The lowest BCUT2D eigenvalue weighted by molar-refractivity contribution is 0.300. The summed E-state index contributed by atoms with van der Waals surface area (Å²) in [5.41, 5.74) is 7.20. The molecule has 0 aliphatic carbocycles. The van der Waals surface area contributed by atoms with Crippen LogP contribution < -0.4 is 10.5 Å². The fourth-order valence-electron chi connectivity index (χ4n) is 1.76. The molecule has 1 aromatic carbocycles. The third-order valence-electron chi connectivity index (χ3n) is 2.70. The summed E-state index contributed by atoms with van der Waals surface area (Å²) in [4.78, 5) is 0.764. The largest absolute Gasteiger partial charge is 0.490 e. The van der Waals surface area contributed by atoms with Gasteiger partial charge < -0.3 is 10.5 Å². The van der Waals surface area contributed by atoms with Gasteiger partial charge in [-0.2, -0.15) is 5.10 Å². The number of halogens is 1. The van der Waals surface area contributed by atoms with Crippen LogP contribution in [0.1, 0.15) is 19.0 Å². The van der Waals surface area contributed by atoms with Crippen molar-refractivity contribution in [2.75, 3.05) is 12.3 Å². The SMILES string of the molecule is CCCOc1cc(Sc2cc(C)nn2C)c(N)cc1F. The van der Waals surface area contributed by atoms with Crippen LogP contribution in [0.2, 0.25) is 0 Å². The van der Waals surface area contributed by atoms with Crippen LogP contribution >= 0.6 is 11.8 Å². The molecule has 2 N–H and O–H groups in total. The highest BCUT2D eigenvalue weighted by Crippen LogP contribution is 2.36. The summed E-state index contributed by atoms with van der Waals surface area (Å²) in [7, 11) is 1.86. The second-order valence-electron chi connectivity index (χ2n) is 4.52. The van der Waals surface area contributed by atoms with Crippen molar-refractivity contribution >= 4 is 17.4 Å². The number of anilines is 1. The van der Waals surface area contributed by atoms with Gasteiger partial charge in [-0.3, -0.25) is 4.68 Å². The standard InChI is InChI=1S/C14H18FN3OS/c1-4-5-19-12-8-13(11(16)7-10(12)15)20-14-6-9(2)17-18(14)3/h6-8H,4-5,16H2,1-3H3. The van der Waals surface area contributed by atoms with Gasteiger partial charge in [-0.1, -0.05) is 18.7 Å². The molecule has 0 unspecified atom stereocenters. The van der Waals surface area contributed by atoms with Crippen molar-refractivity contribution in [2.24, 2.45) is 7.05 Å². The van der Waals surface area contributed by atoms with Crippen molar-refractivity contribution in [1.82, 2.24) is 9.78 Å². The molecule has 0 atom stereocenters. The summed E-state index contributed by atoms with van der Waals surface area (Å²) in [5.74, 6) is -0.191. The van der Waals surface area contributed by atoms with Crippen LogP contribution in [-0.2, 0) is 7.05 Å². The Morgan fingerprint density at radius 3 is 2.75 bits per heavy atom. The molecule has 0 aliphatic heterocycles. The van der Waals surface area contributed by atoms with E-state index in [1.165, 1.54) is 17.8 Å². The number of rotatable bonds is 5. The third-order valence-corrected chi connectivity index (χ3v) is 3.86. The number of aryl methyl sites for hydroxylation is 2. The average Bonchev–Trinajstić information content (AvgIpc) is 2.69. The fourth-order valence-corrected chi connectivity index (χ4v) is 2.73. The number of aromatic nitrogens is 2. The number of hydrogen-bond donors (Lipinski definition) is 1. The van der Waals surface area contributed by atoms with Crippen molar-refractivity contribution in [3.63, 3.8) is 0 Å². The van der Waals surface area contributed by atoms with Crippen molar-refractivity contribution in [2.45, 2.75) is 30.2 Å². The summed E-state index contributed by atoms with van der Waals surface area (Å²) < 4.78 is 20.9. The number of benzene rings is 1. The maximum Gasteiger partial charge on any atom is 0.167 e. The van der Waals surface area contributed by atoms with Crippen LogP contribution in [0, 0.1) is 12.7 Å². The van der Waals surface area contributed by atoms with E-state index in [0.717, 1.165) is 22.0 Å². The van der Waals surface area contributed by atoms with E-state index in [1.54, 1.807) is 10.7 Å². The number of nitrogens with two attached hydrogens (primary N) is 1. The van der Waals surface area contributed by atoms with Crippen LogP contribution in [0.25, 0.3) is 0 Å². The second-order valence-corrected chi connectivity index (χ2v) is 5.58. The van der Waals surface area contributed by atoms with Crippen LogP contribution in [-0.4, -0.2) is 16.4 Å². The van der Waals surface area contributed by atoms with Gasteiger partial charge in [0.15, 0.2) is 11.6 Å². The normalized spacial score (nSPS) is 10.8. The van der Waals surface area contributed by atoms with E-state index in [-0.39, 0.29) is 5.75 Å². The minimum absolute atomic E-state index is 0.238. The minimum Gasteiger partial charge on any atom is -0.490 e. The highest BCUT2D eigenvalue weighted by atomic mass is 32.2. The first-order valence-electron chi connectivity index (χ1n) is 6.41. The van der Waals surface area contributed by atoms with Crippen LogP contribution in [0.4, 0.5) is 10.1 Å². The van der Waals surface area contributed by atoms with Crippen molar-refractivity contribution in [3.8, 4) is 5.75 Å². The molecule has 0 saturated heterocycles. The molecule has 0 amide bonds. The van der Waals surface area contributed by atoms with Gasteiger partial charge in [0, 0.05) is 23.7 Å². The molecular formula is C14H18FN3OS. The maximum atomic E-state index is 13.7. The molecule has 0 aliphatic rings. The molecule has 108 valence electrons. The Morgan fingerprint density at radius 2 is 2.15 bits per heavy atom. The first kappa shape index (κ1) is 14.7. The Hall–Kier alpha value is -1.69. The molecule has 0 bridgehead atoms. The first-order valence-corrected chi connectivity index (χ1v) is 7.23. The zero-order valence-corrected chi connectivity index (χ0v) is 12.6. The summed E-state index contributed by atoms with van der Waals surface area (Å²) >= 11 is 1.45. The smallest absolute Gasteiger partial charge is 0.167 e. The molecule has 1 heterocycles. The molecule has 2 rings (SSSR count). The van der Waals surface area contributed by atoms with Crippen LogP contribution in [0.3, 0.4) is 0 Å². The van der Waals surface area contributed by atoms with Gasteiger partial charge in [-0.25, -0.2) is 4.39 Å². The highest BCUT2D eigenvalue weighted by Gasteiger charge is 2.12. The zero-order valence-electron chi connectivity index (χ0n) is 11.8. The van der Waals surface area contributed by atoms with E-state index in [4.69, 9.17) is 10.5 Å². The topological polar surface area (TPSA) is 53.1 Å². The van der Waals surface area contributed by atoms with E-state index in [2.05, 4.69) is 5.10 Å². The van der Waals surface area contributed by atoms with Gasteiger partial charge in [-0.05, 0) is 25.5 Å². The van der Waals surface area contributed by atoms with Gasteiger partial charge in [0.05, 0.1) is 17.3 Å². The number of nitrogens with zero attached hydrogens (tertiary/aromatic N) is 2. The van der Waals surface area contributed by atoms with Gasteiger partial charge in [-0.15, -0.1) is 0 Å². The highest BCUT2D eigenvalue weighted by molar-refractivity contribution is 7.99. The molecule has 0 radical (unpaired) electrons. The summed E-state index contributed by atoms with van der Waals surface area (Å²) in [6, 6.07) is 4.91. The number of ether oxygens (including phenoxy) is 1. The molecule has 0 spiro atoms. The Bertz CT molecular complexity index is 613. The predicted molar refractivity (Wildman–Crippen MR) is 78.7 cm³/mol. The van der Waals surface area contributed by atoms with Crippen molar-refractivity contribution < 1.29 is 9.13 Å². The van der Waals surface area contributed by atoms with E-state index >= 15 is 0 Å². The van der Waals surface area contributed by atoms with E-state index in [0.29, 0.717) is 12.3 Å². The Balaban J connectivity index is 2.29. The predicted octanol–water partition coefficient (Wildman–Crippen LogP) is 3.39. The Kier molecular flexibility index (Phi) is 4.54. The molecule has 0 fully saturated rings. The van der Waals surface area contributed by atoms with E-state index in [1.807, 2.05) is 27.0 Å². The lowest BCUT2D eigenvalue weighted by atomic mass is 10.3. The van der Waals surface area contributed by atoms with E-state index in [9.17, 15) is 4.39 Å². The van der Waals surface area contributed by atoms with Gasteiger partial charge in [0.1, 0.15) is 0 Å². The van der Waals surface area contributed by atoms with E-state index < -0.39 is 5.82 Å². The quantitative estimate of drug-likeness (QED) is 0.859. The first-order chi connectivity index (χ1) is 9.51. The maximum absolute atomic E-state index is 13.7. The van der Waals surface area contributed by atoms with Gasteiger partial charge >= 0.3 is 0 Å². The lowest BCUT2D eigenvalue weighted by Gasteiger charge is -2.10. The number of nitrogen functional groups attached to an aromatic ring is 1. The van der Waals surface area contributed by atoms with Crippen molar-refractivity contribution in [3.05, 3.63) is 29.7 Å². The molecule has 1 aromatic heterocycles. The summed E-state index contributed by atoms with van der Waals surface area (Å²) in [6.45, 7) is 4.38. The molecule has 20 heavy (non-hydrogen) atoms. The average molecular weight is 295 g/mol. The molecule has 2 aromatic rings.